The Labute approximate surface area is 463 Å². The van der Waals surface area contributed by atoms with Crippen molar-refractivity contribution in [3.63, 3.8) is 0 Å². The minimum Gasteiger partial charge on any atom is -0.457 e. The zero-order valence-electron chi connectivity index (χ0n) is 43.2. The zero-order chi connectivity index (χ0) is 54.4. The van der Waals surface area contributed by atoms with Gasteiger partial charge in [0.1, 0.15) is 33.9 Å². The lowest BCUT2D eigenvalue weighted by Gasteiger charge is -2.49. The third kappa shape index (κ3) is 11.3. The molecule has 2 aliphatic heterocycles. The highest BCUT2D eigenvalue weighted by atomic mass is 32.2. The van der Waals surface area contributed by atoms with E-state index in [1.165, 1.54) is 53.2 Å². The first kappa shape index (κ1) is 53.0. The molecule has 1 fully saturated rings. The summed E-state index contributed by atoms with van der Waals surface area (Å²) in [5.41, 5.74) is 1.87. The summed E-state index contributed by atoms with van der Waals surface area (Å²) in [6.45, 7) is 8.18. The average Bonchev–Trinajstić information content (AvgIpc) is 4.22. The SMILES string of the molecule is CC(C)(C)OC(=O)C(C)(C)ON=C(C(=O)NC1C(=O)N2C(C(=O)OC(c3ccccc3)c3ccccc3)=C(c3cnc(Nc4cccnc4)s3)CSC12)c1csc(NC(c2ccccc2)(c2ccccc2)c2ccccc2)n1. The number of ether oxygens (including phenoxy) is 2. The maximum Gasteiger partial charge on any atom is 0.356 e. The van der Waals surface area contributed by atoms with Crippen LogP contribution in [-0.2, 0) is 39.0 Å². The molecule has 15 nitrogen and oxygen atoms in total. The summed E-state index contributed by atoms with van der Waals surface area (Å²) < 4.78 is 12.1. The van der Waals surface area contributed by atoms with Crippen LogP contribution in [-0.4, -0.2) is 77.7 Å². The van der Waals surface area contributed by atoms with Gasteiger partial charge in [0, 0.05) is 29.1 Å². The Hall–Kier alpha value is -8.45. The summed E-state index contributed by atoms with van der Waals surface area (Å²) in [7, 11) is 0. The highest BCUT2D eigenvalue weighted by Gasteiger charge is 2.55. The number of β-lactam (4-membered cyclic amide) rings is 1. The van der Waals surface area contributed by atoms with Crippen molar-refractivity contribution >= 4 is 85.4 Å². The van der Waals surface area contributed by atoms with Crippen LogP contribution in [0, 0.1) is 0 Å². The van der Waals surface area contributed by atoms with Crippen molar-refractivity contribution in [2.24, 2.45) is 5.16 Å². The molecule has 2 aliphatic rings. The van der Waals surface area contributed by atoms with Crippen molar-refractivity contribution in [3.8, 4) is 0 Å². The monoisotopic (exact) mass is 1090 g/mol. The molecule has 0 radical (unpaired) electrons. The van der Waals surface area contributed by atoms with Crippen molar-refractivity contribution in [2.45, 2.75) is 68.9 Å². The molecule has 8 aromatic rings. The molecule has 2 unspecified atom stereocenters. The molecule has 5 heterocycles. The van der Waals surface area contributed by atoms with Gasteiger partial charge in [-0.15, -0.1) is 23.1 Å². The molecule has 18 heteroatoms. The van der Waals surface area contributed by atoms with Gasteiger partial charge in [-0.3, -0.25) is 19.5 Å². The first-order valence-electron chi connectivity index (χ1n) is 25.0. The maximum absolute atomic E-state index is 15.0. The number of nitrogens with one attached hydrogen (secondary N) is 3. The Morgan fingerprint density at radius 1 is 0.731 bits per heavy atom. The number of pyridine rings is 1. The summed E-state index contributed by atoms with van der Waals surface area (Å²) in [6, 6.07) is 51.3. The molecular weight excluding hydrogens is 1040 g/mol. The Kier molecular flexibility index (Phi) is 15.4. The number of esters is 2. The molecule has 2 atom stereocenters. The summed E-state index contributed by atoms with van der Waals surface area (Å²) in [4.78, 5) is 80.0. The average molecular weight is 1100 g/mol. The van der Waals surface area contributed by atoms with E-state index in [1.807, 2.05) is 158 Å². The number of hydrogen-bond donors (Lipinski definition) is 3. The van der Waals surface area contributed by atoms with Crippen LogP contribution >= 0.6 is 34.4 Å². The number of hydrogen-bond acceptors (Lipinski definition) is 16. The van der Waals surface area contributed by atoms with E-state index in [4.69, 9.17) is 19.3 Å². The van der Waals surface area contributed by atoms with Crippen LogP contribution in [0.1, 0.15) is 79.1 Å². The second-order valence-electron chi connectivity index (χ2n) is 19.7. The molecular formula is C60H54N8O7S3. The summed E-state index contributed by atoms with van der Waals surface area (Å²) in [6.07, 6.45) is 4.18. The zero-order valence-corrected chi connectivity index (χ0v) is 45.6. The number of oxime groups is 1. The van der Waals surface area contributed by atoms with Crippen LogP contribution in [0.3, 0.4) is 0 Å². The van der Waals surface area contributed by atoms with E-state index in [0.717, 1.165) is 33.5 Å². The van der Waals surface area contributed by atoms with Crippen LogP contribution in [0.25, 0.3) is 5.57 Å². The summed E-state index contributed by atoms with van der Waals surface area (Å²) >= 11 is 3.92. The van der Waals surface area contributed by atoms with E-state index >= 15 is 0 Å². The minimum absolute atomic E-state index is 0.0352. The van der Waals surface area contributed by atoms with E-state index in [0.29, 0.717) is 20.7 Å². The van der Waals surface area contributed by atoms with Gasteiger partial charge in [-0.1, -0.05) is 168 Å². The first-order chi connectivity index (χ1) is 37.7. The van der Waals surface area contributed by atoms with Gasteiger partial charge in [-0.25, -0.2) is 19.6 Å². The number of carbonyl (C=O) groups excluding carboxylic acids is 4. The van der Waals surface area contributed by atoms with Gasteiger partial charge in [-0.2, -0.15) is 0 Å². The number of thioether (sulfide) groups is 1. The number of aromatic nitrogens is 3. The second-order valence-corrected chi connectivity index (χ2v) is 22.7. The topological polar surface area (TPSA) is 186 Å². The summed E-state index contributed by atoms with van der Waals surface area (Å²) in [5, 5.41) is 16.1. The third-order valence-corrected chi connectivity index (χ3v) is 15.7. The third-order valence-electron chi connectivity index (χ3n) is 12.7. The van der Waals surface area contributed by atoms with Gasteiger partial charge in [0.15, 0.2) is 22.1 Å². The predicted octanol–water partition coefficient (Wildman–Crippen LogP) is 11.1. The van der Waals surface area contributed by atoms with Gasteiger partial charge in [-0.05, 0) is 74.6 Å². The normalized spacial score (nSPS) is 15.7. The molecule has 78 heavy (non-hydrogen) atoms. The molecule has 0 saturated carbocycles. The fourth-order valence-electron chi connectivity index (χ4n) is 8.97. The van der Waals surface area contributed by atoms with Gasteiger partial charge in [0.2, 0.25) is 5.60 Å². The molecule has 3 N–H and O–H groups in total. The Morgan fingerprint density at radius 3 is 1.86 bits per heavy atom. The molecule has 0 aliphatic carbocycles. The molecule has 394 valence electrons. The number of fused-ring (bicyclic) bond motifs is 1. The first-order valence-corrected chi connectivity index (χ1v) is 27.8. The van der Waals surface area contributed by atoms with Gasteiger partial charge in [0.05, 0.1) is 16.8 Å². The van der Waals surface area contributed by atoms with Crippen LogP contribution in [0.15, 0.2) is 199 Å². The molecule has 1 saturated heterocycles. The van der Waals surface area contributed by atoms with Gasteiger partial charge < -0.3 is 30.3 Å². The van der Waals surface area contributed by atoms with Gasteiger partial charge >= 0.3 is 11.9 Å². The quantitative estimate of drug-likeness (QED) is 0.0242. The number of amides is 2. The molecule has 2 amide bonds. The largest absolute Gasteiger partial charge is 0.457 e. The molecule has 3 aromatic heterocycles. The van der Waals surface area contributed by atoms with E-state index in [1.54, 1.807) is 50.8 Å². The number of thiazole rings is 2. The molecule has 10 rings (SSSR count). The molecule has 0 bridgehead atoms. The minimum atomic E-state index is -1.67. The van der Waals surface area contributed by atoms with Crippen LogP contribution in [0.5, 0.6) is 0 Å². The van der Waals surface area contributed by atoms with Crippen LogP contribution < -0.4 is 16.0 Å². The standard InChI is InChI=1S/C60H54N8O7S3/c1-58(2,3)74-55(72)59(4,5)75-67-47(45-37-77-57(64-45)66-60(40-26-15-8-16-27-40,41-28-17-9-18-29-41)42-30-19-10-20-31-42)51(69)65-48-52(70)68-49(54(71)73-50(38-22-11-6-12-23-38)39-24-13-7-14-25-39)44(36-76-53(48)68)46-35-62-56(78-46)63-43-32-21-33-61-34-43/h6-35,37,48,50,53H,36H2,1-5H3,(H,62,63)(H,64,66)(H,65,69). The fourth-order valence-corrected chi connectivity index (χ4v) is 12.1. The fraction of sp³-hybridized carbons (Fsp3) is 0.200. The number of carbonyl (C=O) groups is 4. The summed E-state index contributed by atoms with van der Waals surface area (Å²) in [5.74, 6) is -2.58. The second kappa shape index (κ2) is 22.6. The number of benzene rings is 5. The van der Waals surface area contributed by atoms with Crippen molar-refractivity contribution in [3.05, 3.63) is 232 Å². The van der Waals surface area contributed by atoms with Crippen molar-refractivity contribution in [1.82, 2.24) is 25.2 Å². The van der Waals surface area contributed by atoms with E-state index in [-0.39, 0.29) is 22.9 Å². The Morgan fingerprint density at radius 2 is 1.31 bits per heavy atom. The highest BCUT2D eigenvalue weighted by molar-refractivity contribution is 8.00. The van der Waals surface area contributed by atoms with E-state index in [9.17, 15) is 19.2 Å². The number of nitrogens with zero attached hydrogens (tertiary/aromatic N) is 5. The van der Waals surface area contributed by atoms with Crippen LogP contribution in [0.4, 0.5) is 16.0 Å². The predicted molar refractivity (Wildman–Crippen MR) is 305 cm³/mol. The smallest absolute Gasteiger partial charge is 0.356 e. The number of rotatable bonds is 18. The Balaban J connectivity index is 0.990. The van der Waals surface area contributed by atoms with Crippen molar-refractivity contribution in [2.75, 3.05) is 16.4 Å². The van der Waals surface area contributed by atoms with Gasteiger partial charge in [0.25, 0.3) is 11.8 Å². The van der Waals surface area contributed by atoms with E-state index in [2.05, 4.69) is 31.1 Å². The van der Waals surface area contributed by atoms with Crippen molar-refractivity contribution < 1.29 is 33.5 Å². The van der Waals surface area contributed by atoms with E-state index < -0.39 is 58.0 Å². The van der Waals surface area contributed by atoms with Crippen molar-refractivity contribution in [1.29, 1.82) is 0 Å². The lowest BCUT2D eigenvalue weighted by molar-refractivity contribution is -0.179. The lowest BCUT2D eigenvalue weighted by atomic mass is 9.77. The highest BCUT2D eigenvalue weighted by Crippen LogP contribution is 2.46. The molecule has 0 spiro atoms. The number of anilines is 3. The Bertz CT molecular complexity index is 3350. The maximum atomic E-state index is 15.0. The molecule has 5 aromatic carbocycles. The van der Waals surface area contributed by atoms with Crippen LogP contribution in [0.2, 0.25) is 0 Å². The lowest BCUT2D eigenvalue weighted by Crippen LogP contribution is -2.71.